The third-order valence-electron chi connectivity index (χ3n) is 9.76. The van der Waals surface area contributed by atoms with Crippen molar-refractivity contribution in [1.82, 2.24) is 20.2 Å². The van der Waals surface area contributed by atoms with Gasteiger partial charge in [-0.1, -0.05) is 29.8 Å². The summed E-state index contributed by atoms with van der Waals surface area (Å²) in [4.78, 5) is 14.1. The number of nitrogens with zero attached hydrogens (tertiary/aromatic N) is 5. The average molecular weight is 634 g/mol. The average Bonchev–Trinajstić information content (AvgIpc) is 3.73. The summed E-state index contributed by atoms with van der Waals surface area (Å²) in [5.41, 5.74) is 7.57. The van der Waals surface area contributed by atoms with Crippen LogP contribution in [0.25, 0.3) is 32.1 Å². The summed E-state index contributed by atoms with van der Waals surface area (Å²) in [7, 11) is 0. The summed E-state index contributed by atoms with van der Waals surface area (Å²) in [6, 6.07) is 7.15. The third-order valence-corrected chi connectivity index (χ3v) is 11.1. The molecule has 6 heterocycles. The lowest BCUT2D eigenvalue weighted by atomic mass is 9.94. The Kier molecular flexibility index (Phi) is 6.50. The van der Waals surface area contributed by atoms with Gasteiger partial charge in [-0.25, -0.2) is 8.78 Å². The molecule has 3 N–H and O–H groups in total. The Bertz CT molecular complexity index is 1910. The van der Waals surface area contributed by atoms with Gasteiger partial charge >= 0.3 is 6.01 Å². The number of nitrogen functional groups attached to an aromatic ring is 1. The highest BCUT2D eigenvalue weighted by Crippen LogP contribution is 2.46. The molecule has 8 rings (SSSR count). The Balaban J connectivity index is 1.29. The van der Waals surface area contributed by atoms with Crippen LogP contribution in [0.3, 0.4) is 0 Å². The highest BCUT2D eigenvalue weighted by atomic mass is 35.5. The van der Waals surface area contributed by atoms with Crippen LogP contribution >= 0.6 is 22.9 Å². The minimum absolute atomic E-state index is 0.0297. The van der Waals surface area contributed by atoms with Gasteiger partial charge in [0.2, 0.25) is 0 Å². The lowest BCUT2D eigenvalue weighted by molar-refractivity contribution is 0.108. The predicted octanol–water partition coefficient (Wildman–Crippen LogP) is 6.01. The van der Waals surface area contributed by atoms with Gasteiger partial charge in [-0.3, -0.25) is 4.90 Å². The molecule has 2 bridgehead atoms. The Labute approximate surface area is 262 Å². The fourth-order valence-electron chi connectivity index (χ4n) is 7.84. The molecule has 0 aliphatic carbocycles. The Morgan fingerprint density at radius 2 is 2.05 bits per heavy atom. The van der Waals surface area contributed by atoms with Crippen molar-refractivity contribution in [2.75, 3.05) is 43.4 Å². The van der Waals surface area contributed by atoms with E-state index in [1.807, 2.05) is 0 Å². The highest BCUT2D eigenvalue weighted by Gasteiger charge is 2.46. The first-order valence-electron chi connectivity index (χ1n) is 14.9. The second kappa shape index (κ2) is 10.2. The molecule has 4 aromatic rings. The van der Waals surface area contributed by atoms with Crippen molar-refractivity contribution >= 4 is 54.7 Å². The Morgan fingerprint density at radius 1 is 1.25 bits per heavy atom. The standard InChI is InChI=1S/C32H30ClF2N7OS/c1-16-10-32(7-2-8-42(32)12-16)15-43-31-39-27-20(30(40-31)41-13-17-3-4-18(14-41)38-17)9-22(33)25(26(27)35)19-5-6-23(34)28-24(19)21(11-36)29(37)44-28/h5-6,9,17-18,38H,1-4,7-8,10,12-15,37H2/t17?,18?,32-/m1/s1. The quantitative estimate of drug-likeness (QED) is 0.258. The molecule has 4 fully saturated rings. The van der Waals surface area contributed by atoms with Gasteiger partial charge in [-0.05, 0) is 56.3 Å². The van der Waals surface area contributed by atoms with E-state index in [4.69, 9.17) is 27.1 Å². The molecule has 4 aliphatic heterocycles. The molecule has 12 heteroatoms. The number of halogens is 3. The van der Waals surface area contributed by atoms with E-state index in [0.29, 0.717) is 29.9 Å². The van der Waals surface area contributed by atoms with Crippen LogP contribution in [0.1, 0.15) is 37.7 Å². The molecule has 8 nitrogen and oxygen atoms in total. The topological polar surface area (TPSA) is 103 Å². The zero-order chi connectivity index (χ0) is 30.3. The summed E-state index contributed by atoms with van der Waals surface area (Å²) >= 11 is 7.81. The maximum atomic E-state index is 16.9. The van der Waals surface area contributed by atoms with Crippen LogP contribution in [0.5, 0.6) is 6.01 Å². The van der Waals surface area contributed by atoms with Crippen LogP contribution in [0.15, 0.2) is 30.4 Å². The summed E-state index contributed by atoms with van der Waals surface area (Å²) in [5.74, 6) is -0.646. The highest BCUT2D eigenvalue weighted by molar-refractivity contribution is 7.23. The van der Waals surface area contributed by atoms with Crippen LogP contribution in [-0.4, -0.2) is 65.3 Å². The van der Waals surface area contributed by atoms with Crippen LogP contribution in [0.4, 0.5) is 19.6 Å². The van der Waals surface area contributed by atoms with Crippen molar-refractivity contribution in [1.29, 1.82) is 5.26 Å². The van der Waals surface area contributed by atoms with E-state index in [-0.39, 0.29) is 53.9 Å². The first-order chi connectivity index (χ1) is 21.2. The number of ether oxygens (including phenoxy) is 1. The second-order valence-corrected chi connectivity index (χ2v) is 14.0. The van der Waals surface area contributed by atoms with E-state index in [1.165, 1.54) is 17.7 Å². The predicted molar refractivity (Wildman–Crippen MR) is 169 cm³/mol. The Morgan fingerprint density at radius 3 is 2.82 bits per heavy atom. The monoisotopic (exact) mass is 633 g/mol. The smallest absolute Gasteiger partial charge is 0.319 e. The second-order valence-electron chi connectivity index (χ2n) is 12.5. The first-order valence-corrected chi connectivity index (χ1v) is 16.1. The molecule has 0 saturated carbocycles. The van der Waals surface area contributed by atoms with Crippen molar-refractivity contribution in [3.05, 3.63) is 52.6 Å². The van der Waals surface area contributed by atoms with Crippen LogP contribution < -0.4 is 20.7 Å². The number of piperazine rings is 1. The van der Waals surface area contributed by atoms with Crippen molar-refractivity contribution < 1.29 is 13.5 Å². The molecule has 226 valence electrons. The van der Waals surface area contributed by atoms with Crippen LogP contribution in [0, 0.1) is 23.0 Å². The molecule has 4 saturated heterocycles. The molecule has 2 aromatic carbocycles. The lowest BCUT2D eigenvalue weighted by Crippen LogP contribution is -2.51. The van der Waals surface area contributed by atoms with Gasteiger partial charge in [0.1, 0.15) is 34.8 Å². The van der Waals surface area contributed by atoms with Gasteiger partial charge in [0.25, 0.3) is 0 Å². The molecular formula is C32H30ClF2N7OS. The van der Waals surface area contributed by atoms with Gasteiger partial charge < -0.3 is 20.7 Å². The minimum Gasteiger partial charge on any atom is -0.461 e. The number of nitrogens with one attached hydrogen (secondary N) is 1. The first kappa shape index (κ1) is 28.0. The van der Waals surface area contributed by atoms with Gasteiger partial charge in [0, 0.05) is 48.1 Å². The molecular weight excluding hydrogens is 604 g/mol. The molecule has 0 spiro atoms. The normalized spacial score (nSPS) is 24.9. The molecule has 2 unspecified atom stereocenters. The van der Waals surface area contributed by atoms with Crippen LogP contribution in [-0.2, 0) is 0 Å². The fraction of sp³-hybridized carbons (Fsp3) is 0.406. The number of anilines is 2. The third kappa shape index (κ3) is 4.26. The number of rotatable bonds is 5. The molecule has 3 atom stereocenters. The number of thiophene rings is 1. The molecule has 0 radical (unpaired) electrons. The largest absolute Gasteiger partial charge is 0.461 e. The maximum absolute atomic E-state index is 16.9. The van der Waals surface area contributed by atoms with Crippen molar-refractivity contribution in [3.63, 3.8) is 0 Å². The SMILES string of the molecule is C=C1CN2CCC[C@]2(COc2nc(N3CC4CCC(C3)N4)c3cc(Cl)c(-c4ccc(F)c5sc(N)c(C#N)c45)c(F)c3n2)C1. The number of hydrogen-bond donors (Lipinski definition) is 2. The summed E-state index contributed by atoms with van der Waals surface area (Å²) in [5, 5.41) is 14.5. The van der Waals surface area contributed by atoms with Crippen LogP contribution in [0.2, 0.25) is 5.02 Å². The molecule has 44 heavy (non-hydrogen) atoms. The summed E-state index contributed by atoms with van der Waals surface area (Å²) in [6.45, 7) is 7.89. The van der Waals surface area contributed by atoms with E-state index >= 15 is 4.39 Å². The number of aromatic nitrogens is 2. The van der Waals surface area contributed by atoms with Gasteiger partial charge in [0.05, 0.1) is 20.8 Å². The minimum atomic E-state index is -0.685. The van der Waals surface area contributed by atoms with Crippen molar-refractivity contribution in [2.24, 2.45) is 0 Å². The number of nitriles is 1. The maximum Gasteiger partial charge on any atom is 0.319 e. The summed E-state index contributed by atoms with van der Waals surface area (Å²) in [6.07, 6.45) is 5.08. The van der Waals surface area contributed by atoms with Gasteiger partial charge in [-0.15, -0.1) is 11.3 Å². The molecule has 0 amide bonds. The molecule has 4 aliphatic rings. The zero-order valence-corrected chi connectivity index (χ0v) is 25.5. The number of hydrogen-bond acceptors (Lipinski definition) is 9. The van der Waals surface area contributed by atoms with Crippen molar-refractivity contribution in [2.45, 2.75) is 49.7 Å². The van der Waals surface area contributed by atoms with E-state index in [9.17, 15) is 9.65 Å². The lowest BCUT2D eigenvalue weighted by Gasteiger charge is -2.34. The van der Waals surface area contributed by atoms with E-state index in [2.05, 4.69) is 32.7 Å². The summed E-state index contributed by atoms with van der Waals surface area (Å²) < 4.78 is 38.3. The zero-order valence-electron chi connectivity index (χ0n) is 23.9. The number of fused-ring (bicyclic) bond motifs is 5. The molecule has 2 aromatic heterocycles. The van der Waals surface area contributed by atoms with Gasteiger partial charge in [-0.2, -0.15) is 15.2 Å². The number of benzene rings is 2. The Hall–Kier alpha value is -3.56. The van der Waals surface area contributed by atoms with Crippen molar-refractivity contribution in [3.8, 4) is 23.2 Å². The van der Waals surface area contributed by atoms with E-state index < -0.39 is 11.6 Å². The number of nitrogens with two attached hydrogens (primary N) is 1. The fourth-order valence-corrected chi connectivity index (χ4v) is 9.08. The van der Waals surface area contributed by atoms with Gasteiger partial charge in [0.15, 0.2) is 5.82 Å². The van der Waals surface area contributed by atoms with E-state index in [0.717, 1.165) is 69.6 Å². The van der Waals surface area contributed by atoms with E-state index in [1.54, 1.807) is 6.07 Å².